The van der Waals surface area contributed by atoms with Crippen LogP contribution in [-0.4, -0.2) is 22.0 Å². The summed E-state index contributed by atoms with van der Waals surface area (Å²) in [5, 5.41) is 2.46. The topological polar surface area (TPSA) is 68.2 Å². The highest BCUT2D eigenvalue weighted by atomic mass is 19.2. The number of anilines is 1. The van der Waals surface area contributed by atoms with Gasteiger partial charge in [-0.05, 0) is 31.5 Å². The summed E-state index contributed by atoms with van der Waals surface area (Å²) >= 11 is 0. The number of Topliss-reactive ketones (excluding diaryl/α,β-unsaturated/α-hetero) is 2. The Balaban J connectivity index is 2.36. The highest BCUT2D eigenvalue weighted by Gasteiger charge is 2.28. The Morgan fingerprint density at radius 3 is 2.44 bits per heavy atom. The first-order valence-corrected chi connectivity index (χ1v) is 8.12. The molecule has 2 rings (SSSR count). The Labute approximate surface area is 155 Å². The normalized spacial score (nSPS) is 10.4. The van der Waals surface area contributed by atoms with Crippen LogP contribution in [0.1, 0.15) is 44.9 Å². The van der Waals surface area contributed by atoms with E-state index < -0.39 is 29.1 Å². The van der Waals surface area contributed by atoms with Crippen LogP contribution in [0.3, 0.4) is 0 Å². The van der Waals surface area contributed by atoms with Gasteiger partial charge in [0.15, 0.2) is 11.6 Å². The minimum Gasteiger partial charge on any atom is -0.343 e. The maximum Gasteiger partial charge on any atom is 0.272 e. The number of benzene rings is 1. The largest absolute Gasteiger partial charge is 0.343 e. The van der Waals surface area contributed by atoms with E-state index in [2.05, 4.69) is 11.2 Å². The second kappa shape index (κ2) is 7.96. The average molecular weight is 372 g/mol. The summed E-state index contributed by atoms with van der Waals surface area (Å²) in [6.07, 6.45) is 5.20. The van der Waals surface area contributed by atoms with Crippen LogP contribution >= 0.6 is 0 Å². The van der Waals surface area contributed by atoms with Gasteiger partial charge < -0.3 is 9.88 Å². The highest BCUT2D eigenvalue weighted by Crippen LogP contribution is 2.24. The maximum absolute atomic E-state index is 13.3. The van der Waals surface area contributed by atoms with Crippen LogP contribution in [0, 0.1) is 37.8 Å². The van der Waals surface area contributed by atoms with Gasteiger partial charge in [0, 0.05) is 37.3 Å². The van der Waals surface area contributed by atoms with Crippen molar-refractivity contribution in [1.29, 1.82) is 0 Å². The van der Waals surface area contributed by atoms with E-state index in [0.29, 0.717) is 11.3 Å². The van der Waals surface area contributed by atoms with Gasteiger partial charge in [0.1, 0.15) is 5.69 Å². The monoisotopic (exact) mass is 372 g/mol. The maximum atomic E-state index is 13.3. The molecule has 0 aliphatic heterocycles. The first-order valence-electron chi connectivity index (χ1n) is 8.12. The van der Waals surface area contributed by atoms with Gasteiger partial charge in [-0.2, -0.15) is 0 Å². The van der Waals surface area contributed by atoms with E-state index >= 15 is 0 Å². The number of aromatic nitrogens is 1. The quantitative estimate of drug-likeness (QED) is 0.480. The lowest BCUT2D eigenvalue weighted by Gasteiger charge is -2.08. The summed E-state index contributed by atoms with van der Waals surface area (Å²) in [7, 11) is 1.57. The number of amides is 1. The van der Waals surface area contributed by atoms with E-state index in [4.69, 9.17) is 6.42 Å². The fraction of sp³-hybridized carbons (Fsp3) is 0.250. The molecule has 1 amide bonds. The first-order chi connectivity index (χ1) is 12.7. The molecule has 5 nitrogen and oxygen atoms in total. The molecule has 0 saturated carbocycles. The zero-order valence-corrected chi connectivity index (χ0v) is 15.2. The molecule has 1 N–H and O–H groups in total. The summed E-state index contributed by atoms with van der Waals surface area (Å²) < 4.78 is 27.8. The van der Waals surface area contributed by atoms with Crippen LogP contribution in [0.25, 0.3) is 0 Å². The van der Waals surface area contributed by atoms with Crippen LogP contribution in [0.4, 0.5) is 14.5 Å². The molecular weight excluding hydrogens is 354 g/mol. The number of halogens is 2. The lowest BCUT2D eigenvalue weighted by atomic mass is 10.0. The van der Waals surface area contributed by atoms with Gasteiger partial charge in [-0.25, -0.2) is 8.78 Å². The van der Waals surface area contributed by atoms with Crippen molar-refractivity contribution in [3.8, 4) is 12.3 Å². The average Bonchev–Trinajstić information content (AvgIpc) is 2.84. The second-order valence-electron chi connectivity index (χ2n) is 6.03. The minimum absolute atomic E-state index is 0.0649. The van der Waals surface area contributed by atoms with Crippen molar-refractivity contribution in [2.45, 2.75) is 26.7 Å². The lowest BCUT2D eigenvalue weighted by molar-refractivity contribution is -0.115. The molecule has 1 aromatic heterocycles. The number of hydrogen-bond acceptors (Lipinski definition) is 3. The number of terminal acetylenes is 1. The van der Waals surface area contributed by atoms with Gasteiger partial charge in [-0.1, -0.05) is 0 Å². The molecule has 1 aromatic carbocycles. The molecule has 7 heteroatoms. The molecule has 0 bridgehead atoms. The molecule has 0 fully saturated rings. The van der Waals surface area contributed by atoms with E-state index in [1.165, 1.54) is 10.6 Å². The molecule has 0 radical (unpaired) electrons. The second-order valence-corrected chi connectivity index (χ2v) is 6.03. The molecule has 0 atom stereocenters. The molecule has 140 valence electrons. The molecule has 0 unspecified atom stereocenters. The third-order valence-electron chi connectivity index (χ3n) is 4.30. The van der Waals surface area contributed by atoms with Gasteiger partial charge >= 0.3 is 0 Å². The van der Waals surface area contributed by atoms with E-state index in [1.807, 2.05) is 0 Å². The SMILES string of the molecule is C#CCCC(=O)C(=O)c1c(C)c(C(=O)Nc2ccc(F)c(F)c2)n(C)c1C. The summed E-state index contributed by atoms with van der Waals surface area (Å²) in [5.74, 6) is -1.77. The number of rotatable bonds is 6. The molecule has 0 spiro atoms. The number of carbonyl (C=O) groups is 3. The smallest absolute Gasteiger partial charge is 0.272 e. The number of nitrogens with zero attached hydrogens (tertiary/aromatic N) is 1. The third kappa shape index (κ3) is 3.95. The van der Waals surface area contributed by atoms with Gasteiger partial charge in [0.05, 0.1) is 5.56 Å². The molecule has 1 heterocycles. The van der Waals surface area contributed by atoms with Gasteiger partial charge in [-0.3, -0.25) is 14.4 Å². The van der Waals surface area contributed by atoms with Crippen molar-refractivity contribution in [3.63, 3.8) is 0 Å². The number of carbonyl (C=O) groups excluding carboxylic acids is 3. The van der Waals surface area contributed by atoms with Crippen molar-refractivity contribution in [3.05, 3.63) is 52.3 Å². The molecule has 0 saturated heterocycles. The van der Waals surface area contributed by atoms with E-state index in [-0.39, 0.29) is 29.8 Å². The van der Waals surface area contributed by atoms with Crippen molar-refractivity contribution in [1.82, 2.24) is 4.57 Å². The Bertz CT molecular complexity index is 984. The summed E-state index contributed by atoms with van der Waals surface area (Å²) in [6.45, 7) is 3.16. The minimum atomic E-state index is -1.09. The lowest BCUT2D eigenvalue weighted by Crippen LogP contribution is -2.17. The highest BCUT2D eigenvalue weighted by molar-refractivity contribution is 6.44. The zero-order valence-electron chi connectivity index (χ0n) is 15.2. The van der Waals surface area contributed by atoms with Crippen LogP contribution in [0.5, 0.6) is 0 Å². The Morgan fingerprint density at radius 1 is 1.19 bits per heavy atom. The number of ketones is 2. The van der Waals surface area contributed by atoms with E-state index in [9.17, 15) is 23.2 Å². The van der Waals surface area contributed by atoms with Crippen LogP contribution in [-0.2, 0) is 11.8 Å². The van der Waals surface area contributed by atoms with Gasteiger partial charge in [-0.15, -0.1) is 12.3 Å². The molecule has 0 aliphatic rings. The van der Waals surface area contributed by atoms with Gasteiger partial charge in [0.2, 0.25) is 11.6 Å². The van der Waals surface area contributed by atoms with E-state index in [1.54, 1.807) is 20.9 Å². The third-order valence-corrected chi connectivity index (χ3v) is 4.30. The van der Waals surface area contributed by atoms with E-state index in [0.717, 1.165) is 12.1 Å². The predicted molar refractivity (Wildman–Crippen MR) is 96.6 cm³/mol. The zero-order chi connectivity index (χ0) is 20.3. The fourth-order valence-corrected chi connectivity index (χ4v) is 2.84. The van der Waals surface area contributed by atoms with Gasteiger partial charge in [0.25, 0.3) is 5.91 Å². The standard InChI is InChI=1S/C20H18F2N2O3/c1-5-6-7-16(25)19(26)17-11(2)18(24(4)12(17)3)20(27)23-13-8-9-14(21)15(22)10-13/h1,8-10H,6-7H2,2-4H3,(H,23,27). The van der Waals surface area contributed by atoms with Crippen LogP contribution in [0.2, 0.25) is 0 Å². The van der Waals surface area contributed by atoms with Crippen molar-refractivity contribution in [2.75, 3.05) is 5.32 Å². The van der Waals surface area contributed by atoms with Crippen molar-refractivity contribution < 1.29 is 23.2 Å². The summed E-state index contributed by atoms with van der Waals surface area (Å²) in [6, 6.07) is 2.97. The molecule has 0 aliphatic carbocycles. The van der Waals surface area contributed by atoms with Crippen molar-refractivity contribution >= 4 is 23.2 Å². The number of hydrogen-bond donors (Lipinski definition) is 1. The Morgan fingerprint density at radius 2 is 1.85 bits per heavy atom. The molecule has 27 heavy (non-hydrogen) atoms. The predicted octanol–water partition coefficient (Wildman–Crippen LogP) is 3.34. The molecule has 2 aromatic rings. The number of nitrogens with one attached hydrogen (secondary N) is 1. The Hall–Kier alpha value is -3.27. The molecular formula is C20H18F2N2O3. The first kappa shape index (κ1) is 20.0. The summed E-state index contributed by atoms with van der Waals surface area (Å²) in [5.41, 5.74) is 1.13. The Kier molecular flexibility index (Phi) is 5.91. The van der Waals surface area contributed by atoms with Crippen LogP contribution < -0.4 is 5.32 Å². The van der Waals surface area contributed by atoms with Crippen molar-refractivity contribution in [2.24, 2.45) is 7.05 Å². The summed E-state index contributed by atoms with van der Waals surface area (Å²) in [4.78, 5) is 37.1. The fourth-order valence-electron chi connectivity index (χ4n) is 2.84. The van der Waals surface area contributed by atoms with Crippen LogP contribution in [0.15, 0.2) is 18.2 Å².